The smallest absolute Gasteiger partial charge is 0.252 e. The second-order valence-electron chi connectivity index (χ2n) is 25.1. The molecule has 96 heavy (non-hydrogen) atoms. The molecule has 16 aromatic rings. The molecule has 2 aliphatic heterocycles. The quantitative estimate of drug-likeness (QED) is 0.108. The molecule has 18 rings (SSSR count). The molecule has 0 saturated heterocycles. The minimum absolute atomic E-state index is 0.260. The van der Waals surface area contributed by atoms with E-state index < -0.39 is 0 Å². The van der Waals surface area contributed by atoms with Crippen molar-refractivity contribution in [3.05, 3.63) is 363 Å². The molecule has 0 unspecified atom stereocenters. The Labute approximate surface area is 559 Å². The number of anilines is 4. The molecule has 0 fully saturated rings. The molecule has 3 aromatic heterocycles. The van der Waals surface area contributed by atoms with Crippen molar-refractivity contribution in [3.8, 4) is 94.7 Å². The normalized spacial score (nSPS) is 12.2. The summed E-state index contributed by atoms with van der Waals surface area (Å²) in [6, 6.07) is 121. The van der Waals surface area contributed by atoms with Gasteiger partial charge >= 0.3 is 0 Å². The summed E-state index contributed by atoms with van der Waals surface area (Å²) in [5.74, 6) is 0. The number of pyridine rings is 2. The summed E-state index contributed by atoms with van der Waals surface area (Å²) < 4.78 is 2.52. The highest BCUT2D eigenvalue weighted by Gasteiger charge is 2.44. The lowest BCUT2D eigenvalue weighted by atomic mass is 9.33. The van der Waals surface area contributed by atoms with Crippen LogP contribution in [0.1, 0.15) is 11.1 Å². The molecule has 5 heterocycles. The number of hydrogen-bond acceptors (Lipinski definition) is 4. The van der Waals surface area contributed by atoms with Gasteiger partial charge in [0.2, 0.25) is 0 Å². The number of rotatable bonds is 13. The fraction of sp³-hybridized carbons (Fsp3) is 0.0222. The van der Waals surface area contributed by atoms with Gasteiger partial charge in [-0.25, -0.2) is 0 Å². The third-order valence-electron chi connectivity index (χ3n) is 19.8. The summed E-state index contributed by atoms with van der Waals surface area (Å²) in [7, 11) is 0. The molecule has 5 nitrogen and oxygen atoms in total. The number of fused-ring (bicyclic) bond motifs is 7. The molecule has 0 N–H and O–H groups in total. The molecule has 0 atom stereocenters. The largest absolute Gasteiger partial charge is 0.338 e. The van der Waals surface area contributed by atoms with Crippen molar-refractivity contribution in [3.63, 3.8) is 0 Å². The van der Waals surface area contributed by atoms with E-state index >= 15 is 0 Å². The topological polar surface area (TPSA) is 37.2 Å². The van der Waals surface area contributed by atoms with Crippen molar-refractivity contribution in [2.45, 2.75) is 13.1 Å². The van der Waals surface area contributed by atoms with Crippen molar-refractivity contribution < 1.29 is 0 Å². The van der Waals surface area contributed by atoms with Gasteiger partial charge in [0.25, 0.3) is 6.71 Å². The van der Waals surface area contributed by atoms with Crippen LogP contribution in [0.4, 0.5) is 22.7 Å². The summed E-state index contributed by atoms with van der Waals surface area (Å²) in [6.45, 7) is 0.846. The monoisotopic (exact) mass is 1220 g/mol. The number of aromatic nitrogens is 3. The van der Waals surface area contributed by atoms with E-state index in [0.29, 0.717) is 13.1 Å². The van der Waals surface area contributed by atoms with Crippen LogP contribution in [0.25, 0.3) is 117 Å². The van der Waals surface area contributed by atoms with Crippen molar-refractivity contribution in [2.24, 2.45) is 0 Å². The molecule has 0 amide bonds. The SMILES string of the molecule is c1ccc(-c2ccncc2-c2ccc3c(c2)B2c4cc(-c5cnccc5-c5ccccc5)ccc4N(Cc4c(-c5ccccc5)cccc4-c4ccccc4)c4cc(-n5c6ccccc6c6ccccc65)cc(c42)N3Cc2c(-c3ccccc3)cccc2-c2ccccc2)cc1. The van der Waals surface area contributed by atoms with Crippen LogP contribution in [0.2, 0.25) is 0 Å². The first kappa shape index (κ1) is 56.4. The molecule has 450 valence electrons. The molecule has 0 saturated carbocycles. The first-order chi connectivity index (χ1) is 47.7. The minimum atomic E-state index is -0.260. The molecule has 2 aliphatic rings. The summed E-state index contributed by atoms with van der Waals surface area (Å²) >= 11 is 0. The van der Waals surface area contributed by atoms with E-state index in [4.69, 9.17) is 9.97 Å². The second kappa shape index (κ2) is 23.9. The summed E-state index contributed by atoms with van der Waals surface area (Å²) in [4.78, 5) is 15.1. The molecule has 0 spiro atoms. The maximum Gasteiger partial charge on any atom is 0.252 e. The summed E-state index contributed by atoms with van der Waals surface area (Å²) in [5.41, 5.74) is 32.5. The highest BCUT2D eigenvalue weighted by atomic mass is 15.2. The summed E-state index contributed by atoms with van der Waals surface area (Å²) in [6.07, 6.45) is 7.96. The maximum absolute atomic E-state index is 4.88. The van der Waals surface area contributed by atoms with Gasteiger partial charge < -0.3 is 14.4 Å². The van der Waals surface area contributed by atoms with Gasteiger partial charge in [-0.3, -0.25) is 9.97 Å². The Bertz CT molecular complexity index is 5140. The van der Waals surface area contributed by atoms with E-state index in [1.165, 1.54) is 82.8 Å². The highest BCUT2D eigenvalue weighted by molar-refractivity contribution is 7.00. The van der Waals surface area contributed by atoms with Crippen molar-refractivity contribution in [1.82, 2.24) is 14.5 Å². The summed E-state index contributed by atoms with van der Waals surface area (Å²) in [5, 5.41) is 2.43. The zero-order chi connectivity index (χ0) is 63.5. The Hall–Kier alpha value is -12.4. The number of benzene rings is 13. The lowest BCUT2D eigenvalue weighted by Gasteiger charge is -2.45. The van der Waals surface area contributed by atoms with E-state index in [1.54, 1.807) is 0 Å². The number of nitrogens with zero attached hydrogens (tertiary/aromatic N) is 5. The van der Waals surface area contributed by atoms with Crippen LogP contribution in [0.15, 0.2) is 352 Å². The first-order valence-corrected chi connectivity index (χ1v) is 33.1. The van der Waals surface area contributed by atoms with E-state index in [0.717, 1.165) is 84.0 Å². The van der Waals surface area contributed by atoms with E-state index in [9.17, 15) is 0 Å². The van der Waals surface area contributed by atoms with Crippen LogP contribution < -0.4 is 26.2 Å². The highest BCUT2D eigenvalue weighted by Crippen LogP contribution is 2.48. The number of para-hydroxylation sites is 2. The van der Waals surface area contributed by atoms with Gasteiger partial charge in [-0.2, -0.15) is 0 Å². The average molecular weight is 1220 g/mol. The van der Waals surface area contributed by atoms with Gasteiger partial charge in [-0.05, 0) is 154 Å². The van der Waals surface area contributed by atoms with Crippen molar-refractivity contribution >= 4 is 67.7 Å². The van der Waals surface area contributed by atoms with Crippen LogP contribution in [0, 0.1) is 0 Å². The van der Waals surface area contributed by atoms with Crippen molar-refractivity contribution in [1.29, 1.82) is 0 Å². The van der Waals surface area contributed by atoms with Gasteiger partial charge in [-0.1, -0.05) is 279 Å². The standard InChI is InChI=1S/C90H62BN5/c1-7-25-61(26-8-1)70-39-23-40-71(62-27-9-2-10-28-62)80(70)59-94-86-47-45-67(78-57-92-51-49-74(78)65-33-15-5-16-34-65)53-82(86)91-83-54-68(79-58-93-52-50-75(79)66-35-17-6-18-36-66)46-48-87(83)95(60-81-72(63-29-11-3-12-30-63)41-24-42-73(81)64-31-13-4-14-32-64)89-56-69(55-88(94)90(89)91)96-84-43-21-19-37-76(84)77-38-20-22-44-85(77)96/h1-58H,59-60H2. The predicted molar refractivity (Wildman–Crippen MR) is 402 cm³/mol. The van der Waals surface area contributed by atoms with Gasteiger partial charge in [0, 0.05) is 82.5 Å². The van der Waals surface area contributed by atoms with E-state index in [2.05, 4.69) is 354 Å². The van der Waals surface area contributed by atoms with Gasteiger partial charge in [0.1, 0.15) is 0 Å². The van der Waals surface area contributed by atoms with E-state index in [-0.39, 0.29) is 6.71 Å². The van der Waals surface area contributed by atoms with Crippen molar-refractivity contribution in [2.75, 3.05) is 9.80 Å². The Morgan fingerprint density at radius 3 is 0.958 bits per heavy atom. The molecule has 0 radical (unpaired) electrons. The van der Waals surface area contributed by atoms with Crippen LogP contribution >= 0.6 is 0 Å². The van der Waals surface area contributed by atoms with E-state index in [1.807, 2.05) is 12.4 Å². The zero-order valence-electron chi connectivity index (χ0n) is 52.7. The average Bonchev–Trinajstić information content (AvgIpc) is 1.05. The Balaban J connectivity index is 0.977. The van der Waals surface area contributed by atoms with Crippen LogP contribution in [-0.2, 0) is 13.1 Å². The first-order valence-electron chi connectivity index (χ1n) is 33.1. The fourth-order valence-corrected chi connectivity index (χ4v) is 15.5. The van der Waals surface area contributed by atoms with Gasteiger partial charge in [0.15, 0.2) is 0 Å². The second-order valence-corrected chi connectivity index (χ2v) is 25.1. The van der Waals surface area contributed by atoms with Gasteiger partial charge in [-0.15, -0.1) is 0 Å². The molecular formula is C90H62BN5. The Morgan fingerprint density at radius 1 is 0.260 bits per heavy atom. The predicted octanol–water partition coefficient (Wildman–Crippen LogP) is 20.7. The van der Waals surface area contributed by atoms with Gasteiger partial charge in [0.05, 0.1) is 16.7 Å². The van der Waals surface area contributed by atoms with Crippen LogP contribution in [0.5, 0.6) is 0 Å². The molecule has 13 aromatic carbocycles. The van der Waals surface area contributed by atoms with Crippen LogP contribution in [-0.4, -0.2) is 21.2 Å². The fourth-order valence-electron chi connectivity index (χ4n) is 15.5. The Morgan fingerprint density at radius 2 is 0.594 bits per heavy atom. The third-order valence-corrected chi connectivity index (χ3v) is 19.8. The minimum Gasteiger partial charge on any atom is -0.338 e. The Kier molecular flexibility index (Phi) is 14.1. The maximum atomic E-state index is 4.88. The molecule has 0 aliphatic carbocycles. The lowest BCUT2D eigenvalue weighted by molar-refractivity contribution is 0.961. The lowest BCUT2D eigenvalue weighted by Crippen LogP contribution is -2.62. The third kappa shape index (κ3) is 9.72. The molecule has 0 bridgehead atoms. The number of hydrogen-bond donors (Lipinski definition) is 0. The molecule has 6 heteroatoms. The molecular weight excluding hydrogens is 1160 g/mol. The van der Waals surface area contributed by atoms with Crippen LogP contribution in [0.3, 0.4) is 0 Å². The zero-order valence-corrected chi connectivity index (χ0v) is 52.7.